The zero-order chi connectivity index (χ0) is 18.9. The molecule has 0 aliphatic carbocycles. The molecule has 2 aromatic carbocycles. The number of benzene rings is 2. The number of methoxy groups -OCH3 is 1. The van der Waals surface area contributed by atoms with E-state index in [0.717, 1.165) is 24.3 Å². The second kappa shape index (κ2) is 6.49. The third-order valence-corrected chi connectivity index (χ3v) is 5.18. The molecule has 0 radical (unpaired) electrons. The van der Waals surface area contributed by atoms with Crippen molar-refractivity contribution < 1.29 is 30.7 Å². The van der Waals surface area contributed by atoms with Gasteiger partial charge in [-0.2, -0.15) is 18.2 Å². The maximum atomic E-state index is 12.7. The second-order valence-electron chi connectivity index (χ2n) is 5.21. The first-order valence-corrected chi connectivity index (χ1v) is 8.74. The summed E-state index contributed by atoms with van der Waals surface area (Å²) in [5, 5.41) is -0.443. The van der Waals surface area contributed by atoms with Crippen LogP contribution in [0.15, 0.2) is 68.9 Å². The Morgan fingerprint density at radius 2 is 1.62 bits per heavy atom. The number of ether oxygens (including phenoxy) is 1. The molecule has 0 spiro atoms. The Bertz CT molecular complexity index is 1010. The predicted molar refractivity (Wildman–Crippen MR) is 85.4 cm³/mol. The molecule has 0 bridgehead atoms. The summed E-state index contributed by atoms with van der Waals surface area (Å²) < 4.78 is 73.6. The van der Waals surface area contributed by atoms with Gasteiger partial charge in [-0.25, -0.2) is 8.42 Å². The molecule has 0 fully saturated rings. The number of nitrogens with zero attached hydrogens (tertiary/aromatic N) is 1. The maximum Gasteiger partial charge on any atom is 0.416 e. The van der Waals surface area contributed by atoms with Crippen molar-refractivity contribution in [1.29, 1.82) is 0 Å². The van der Waals surface area contributed by atoms with Gasteiger partial charge in [-0.05, 0) is 36.4 Å². The highest BCUT2D eigenvalue weighted by molar-refractivity contribution is 7.91. The highest BCUT2D eigenvalue weighted by Gasteiger charge is 2.31. The van der Waals surface area contributed by atoms with Gasteiger partial charge in [0.25, 0.3) is 0 Å². The molecule has 0 atom stereocenters. The van der Waals surface area contributed by atoms with E-state index < -0.39 is 26.6 Å². The number of sulfone groups is 1. The van der Waals surface area contributed by atoms with Gasteiger partial charge in [0.05, 0.1) is 17.6 Å². The van der Waals surface area contributed by atoms with Crippen LogP contribution in [-0.4, -0.2) is 20.5 Å². The van der Waals surface area contributed by atoms with Crippen molar-refractivity contribution >= 4 is 9.84 Å². The van der Waals surface area contributed by atoms with Crippen LogP contribution in [0, 0.1) is 0 Å². The highest BCUT2D eigenvalue weighted by atomic mass is 32.2. The van der Waals surface area contributed by atoms with Crippen molar-refractivity contribution in [3.05, 3.63) is 60.2 Å². The summed E-state index contributed by atoms with van der Waals surface area (Å²) in [6.07, 6.45) is -4.48. The van der Waals surface area contributed by atoms with Crippen LogP contribution in [0.4, 0.5) is 13.2 Å². The molecule has 0 unspecified atom stereocenters. The van der Waals surface area contributed by atoms with Crippen LogP contribution in [0.2, 0.25) is 0 Å². The normalized spacial score (nSPS) is 12.2. The van der Waals surface area contributed by atoms with E-state index in [9.17, 15) is 21.6 Å². The molecule has 136 valence electrons. The van der Waals surface area contributed by atoms with E-state index in [2.05, 4.69) is 4.98 Å². The summed E-state index contributed by atoms with van der Waals surface area (Å²) in [4.78, 5) is 3.92. The molecule has 3 rings (SSSR count). The average Bonchev–Trinajstić information content (AvgIpc) is 3.07. The molecule has 5 nitrogen and oxygen atoms in total. The van der Waals surface area contributed by atoms with E-state index in [4.69, 9.17) is 9.15 Å². The Morgan fingerprint density at radius 3 is 2.15 bits per heavy atom. The Labute approximate surface area is 147 Å². The van der Waals surface area contributed by atoms with Crippen LogP contribution in [-0.2, 0) is 16.0 Å². The minimum Gasteiger partial charge on any atom is -0.466 e. The standard InChI is InChI=1S/C17H12F3NO4S/c1-24-16-15(26(22,23)13-5-3-2-4-6-13)21-14(25-16)11-7-9-12(10-8-11)17(18,19)20/h2-10H,1H3. The molecule has 0 aliphatic rings. The van der Waals surface area contributed by atoms with Crippen molar-refractivity contribution in [2.75, 3.05) is 7.11 Å². The van der Waals surface area contributed by atoms with E-state index in [1.165, 1.54) is 19.2 Å². The molecule has 1 heterocycles. The summed E-state index contributed by atoms with van der Waals surface area (Å²) in [6.45, 7) is 0. The number of alkyl halides is 3. The summed E-state index contributed by atoms with van der Waals surface area (Å²) in [6, 6.07) is 11.6. The van der Waals surface area contributed by atoms with Crippen molar-refractivity contribution in [3.8, 4) is 17.4 Å². The molecule has 0 N–H and O–H groups in total. The smallest absolute Gasteiger partial charge is 0.416 e. The van der Waals surface area contributed by atoms with Crippen LogP contribution in [0.5, 0.6) is 5.95 Å². The van der Waals surface area contributed by atoms with Crippen LogP contribution < -0.4 is 4.74 Å². The fourth-order valence-electron chi connectivity index (χ4n) is 2.23. The molecule has 0 saturated carbocycles. The first kappa shape index (κ1) is 18.0. The van der Waals surface area contributed by atoms with Gasteiger partial charge in [0, 0.05) is 5.56 Å². The van der Waals surface area contributed by atoms with Gasteiger partial charge < -0.3 is 9.15 Å². The van der Waals surface area contributed by atoms with E-state index in [1.807, 2.05) is 0 Å². The van der Waals surface area contributed by atoms with E-state index >= 15 is 0 Å². The third-order valence-electron chi connectivity index (χ3n) is 3.52. The Kier molecular flexibility index (Phi) is 4.49. The van der Waals surface area contributed by atoms with E-state index in [-0.39, 0.29) is 22.3 Å². The summed E-state index contributed by atoms with van der Waals surface area (Å²) in [5.41, 5.74) is -0.650. The molecular weight excluding hydrogens is 371 g/mol. The van der Waals surface area contributed by atoms with Gasteiger partial charge in [-0.15, -0.1) is 0 Å². The summed E-state index contributed by atoms with van der Waals surface area (Å²) in [7, 11) is -2.80. The molecule has 0 amide bonds. The van der Waals surface area contributed by atoms with Crippen molar-refractivity contribution in [2.45, 2.75) is 16.1 Å². The van der Waals surface area contributed by atoms with Crippen LogP contribution in [0.25, 0.3) is 11.5 Å². The summed E-state index contributed by atoms with van der Waals surface area (Å²) in [5.74, 6) is -0.506. The van der Waals surface area contributed by atoms with E-state index in [0.29, 0.717) is 0 Å². The lowest BCUT2D eigenvalue weighted by Crippen LogP contribution is -2.04. The minimum atomic E-state index is -4.48. The van der Waals surface area contributed by atoms with Gasteiger partial charge in [0.1, 0.15) is 0 Å². The second-order valence-corrected chi connectivity index (χ2v) is 7.07. The number of rotatable bonds is 4. The molecule has 26 heavy (non-hydrogen) atoms. The van der Waals surface area contributed by atoms with Crippen molar-refractivity contribution in [3.63, 3.8) is 0 Å². The molecule has 0 aliphatic heterocycles. The quantitative estimate of drug-likeness (QED) is 0.675. The lowest BCUT2D eigenvalue weighted by molar-refractivity contribution is -0.137. The topological polar surface area (TPSA) is 69.4 Å². The van der Waals surface area contributed by atoms with E-state index in [1.54, 1.807) is 18.2 Å². The van der Waals surface area contributed by atoms with Crippen LogP contribution >= 0.6 is 0 Å². The molecule has 3 aromatic rings. The van der Waals surface area contributed by atoms with Gasteiger partial charge in [-0.1, -0.05) is 18.2 Å². The lowest BCUT2D eigenvalue weighted by Gasteiger charge is -2.05. The molecule has 0 saturated heterocycles. The average molecular weight is 383 g/mol. The van der Waals surface area contributed by atoms with Crippen molar-refractivity contribution in [1.82, 2.24) is 4.98 Å². The number of aromatic nitrogens is 1. The Balaban J connectivity index is 2.05. The number of hydrogen-bond donors (Lipinski definition) is 0. The SMILES string of the molecule is COc1oc(-c2ccc(C(F)(F)F)cc2)nc1S(=O)(=O)c1ccccc1. The predicted octanol–water partition coefficient (Wildman–Crippen LogP) is 4.20. The van der Waals surface area contributed by atoms with Crippen LogP contribution in [0.1, 0.15) is 5.56 Å². The van der Waals surface area contributed by atoms with Crippen LogP contribution in [0.3, 0.4) is 0 Å². The third kappa shape index (κ3) is 3.30. The lowest BCUT2D eigenvalue weighted by atomic mass is 10.1. The minimum absolute atomic E-state index is 0.00873. The first-order chi connectivity index (χ1) is 12.2. The number of halogens is 3. The van der Waals surface area contributed by atoms with Gasteiger partial charge in [0.15, 0.2) is 0 Å². The molecular formula is C17H12F3NO4S. The highest BCUT2D eigenvalue weighted by Crippen LogP contribution is 2.35. The fourth-order valence-corrected chi connectivity index (χ4v) is 3.51. The largest absolute Gasteiger partial charge is 0.466 e. The monoisotopic (exact) mass is 383 g/mol. The van der Waals surface area contributed by atoms with Crippen molar-refractivity contribution in [2.24, 2.45) is 0 Å². The zero-order valence-electron chi connectivity index (χ0n) is 13.3. The Hall–Kier alpha value is -2.81. The summed E-state index contributed by atoms with van der Waals surface area (Å²) >= 11 is 0. The maximum absolute atomic E-state index is 12.7. The first-order valence-electron chi connectivity index (χ1n) is 7.26. The Morgan fingerprint density at radius 1 is 1.00 bits per heavy atom. The number of hydrogen-bond acceptors (Lipinski definition) is 5. The fraction of sp³-hybridized carbons (Fsp3) is 0.118. The molecule has 9 heteroatoms. The van der Waals surface area contributed by atoms with Gasteiger partial charge >= 0.3 is 12.1 Å². The molecule has 1 aromatic heterocycles. The van der Waals surface area contributed by atoms with Gasteiger partial charge in [0.2, 0.25) is 20.8 Å². The van der Waals surface area contributed by atoms with Gasteiger partial charge in [-0.3, -0.25) is 0 Å². The zero-order valence-corrected chi connectivity index (χ0v) is 14.1. The number of oxazole rings is 1.